The highest BCUT2D eigenvalue weighted by Gasteiger charge is 2.24. The van der Waals surface area contributed by atoms with Gasteiger partial charge in [0.2, 0.25) is 0 Å². The predicted octanol–water partition coefficient (Wildman–Crippen LogP) is 3.85. The summed E-state index contributed by atoms with van der Waals surface area (Å²) in [5.74, 6) is 2.20. The van der Waals surface area contributed by atoms with Crippen molar-refractivity contribution in [1.29, 1.82) is 0 Å². The van der Waals surface area contributed by atoms with Gasteiger partial charge in [0.25, 0.3) is 0 Å². The van der Waals surface area contributed by atoms with Gasteiger partial charge in [-0.25, -0.2) is 0 Å². The average Bonchev–Trinajstić information content (AvgIpc) is 2.93. The van der Waals surface area contributed by atoms with E-state index in [1.807, 2.05) is 0 Å². The minimum Gasteiger partial charge on any atom is -0.463 e. The first-order valence-corrected chi connectivity index (χ1v) is 7.96. The van der Waals surface area contributed by atoms with Crippen LogP contribution in [0.15, 0.2) is 10.5 Å². The maximum Gasteiger partial charge on any atom is 0.120 e. The SMILES string of the molecule is CCC1CCCN1Cc1cc(C)c(CNC(C)(C)C)o1. The summed E-state index contributed by atoms with van der Waals surface area (Å²) >= 11 is 0. The molecule has 1 atom stereocenters. The van der Waals surface area contributed by atoms with Crippen molar-refractivity contribution in [2.45, 2.75) is 78.6 Å². The molecule has 1 N–H and O–H groups in total. The van der Waals surface area contributed by atoms with Crippen molar-refractivity contribution in [3.05, 3.63) is 23.2 Å². The van der Waals surface area contributed by atoms with Gasteiger partial charge in [-0.3, -0.25) is 4.90 Å². The number of nitrogens with one attached hydrogen (secondary N) is 1. The Morgan fingerprint density at radius 2 is 2.15 bits per heavy atom. The number of nitrogens with zero attached hydrogens (tertiary/aromatic N) is 1. The lowest BCUT2D eigenvalue weighted by Gasteiger charge is -2.22. The summed E-state index contributed by atoms with van der Waals surface area (Å²) in [6, 6.07) is 2.96. The maximum atomic E-state index is 6.06. The van der Waals surface area contributed by atoms with E-state index in [4.69, 9.17) is 4.42 Å². The van der Waals surface area contributed by atoms with E-state index in [2.05, 4.69) is 50.9 Å². The minimum absolute atomic E-state index is 0.127. The third kappa shape index (κ3) is 4.10. The average molecular weight is 278 g/mol. The van der Waals surface area contributed by atoms with Crippen LogP contribution in [0.3, 0.4) is 0 Å². The van der Waals surface area contributed by atoms with E-state index in [1.54, 1.807) is 0 Å². The normalized spacial score (nSPS) is 20.8. The van der Waals surface area contributed by atoms with E-state index >= 15 is 0 Å². The van der Waals surface area contributed by atoms with E-state index in [1.165, 1.54) is 31.4 Å². The molecule has 1 aromatic heterocycles. The van der Waals surface area contributed by atoms with Crippen LogP contribution >= 0.6 is 0 Å². The summed E-state index contributed by atoms with van der Waals surface area (Å²) in [7, 11) is 0. The topological polar surface area (TPSA) is 28.4 Å². The van der Waals surface area contributed by atoms with Gasteiger partial charge in [0, 0.05) is 11.6 Å². The van der Waals surface area contributed by atoms with Crippen LogP contribution in [0.2, 0.25) is 0 Å². The highest BCUT2D eigenvalue weighted by Crippen LogP contribution is 2.24. The Balaban J connectivity index is 1.96. The van der Waals surface area contributed by atoms with Gasteiger partial charge < -0.3 is 9.73 Å². The Morgan fingerprint density at radius 3 is 2.80 bits per heavy atom. The molecule has 3 heteroatoms. The number of likely N-dealkylation sites (tertiary alicyclic amines) is 1. The third-order valence-electron chi connectivity index (χ3n) is 4.18. The molecule has 3 nitrogen and oxygen atoms in total. The molecule has 114 valence electrons. The van der Waals surface area contributed by atoms with E-state index in [9.17, 15) is 0 Å². The molecule has 1 aliphatic rings. The molecule has 1 unspecified atom stereocenters. The van der Waals surface area contributed by atoms with Crippen molar-refractivity contribution >= 4 is 0 Å². The van der Waals surface area contributed by atoms with Gasteiger partial charge in [0.1, 0.15) is 11.5 Å². The molecular weight excluding hydrogens is 248 g/mol. The molecule has 2 rings (SSSR count). The van der Waals surface area contributed by atoms with E-state index in [0.717, 1.165) is 30.7 Å². The third-order valence-corrected chi connectivity index (χ3v) is 4.18. The zero-order valence-corrected chi connectivity index (χ0v) is 13.8. The first-order valence-electron chi connectivity index (χ1n) is 7.96. The first kappa shape index (κ1) is 15.6. The second-order valence-electron chi connectivity index (χ2n) is 7.10. The fourth-order valence-electron chi connectivity index (χ4n) is 2.95. The van der Waals surface area contributed by atoms with E-state index < -0.39 is 0 Å². The van der Waals surface area contributed by atoms with Gasteiger partial charge in [0.15, 0.2) is 0 Å². The number of aryl methyl sites for hydroxylation is 1. The smallest absolute Gasteiger partial charge is 0.120 e. The molecule has 1 aromatic rings. The van der Waals surface area contributed by atoms with E-state index in [0.29, 0.717) is 0 Å². The van der Waals surface area contributed by atoms with Crippen LogP contribution in [0, 0.1) is 6.92 Å². The van der Waals surface area contributed by atoms with Crippen LogP contribution in [0.25, 0.3) is 0 Å². The van der Waals surface area contributed by atoms with Gasteiger partial charge in [-0.05, 0) is 65.1 Å². The zero-order valence-electron chi connectivity index (χ0n) is 13.8. The lowest BCUT2D eigenvalue weighted by Crippen LogP contribution is -2.35. The second kappa shape index (κ2) is 6.31. The molecule has 0 spiro atoms. The molecule has 1 aliphatic heterocycles. The summed E-state index contributed by atoms with van der Waals surface area (Å²) in [5.41, 5.74) is 1.39. The summed E-state index contributed by atoms with van der Waals surface area (Å²) in [4.78, 5) is 2.57. The van der Waals surface area contributed by atoms with Crippen molar-refractivity contribution in [2.24, 2.45) is 0 Å². The van der Waals surface area contributed by atoms with Crippen molar-refractivity contribution in [3.63, 3.8) is 0 Å². The molecule has 0 aromatic carbocycles. The minimum atomic E-state index is 0.127. The molecule has 0 bridgehead atoms. The van der Waals surface area contributed by atoms with Crippen LogP contribution < -0.4 is 5.32 Å². The van der Waals surface area contributed by atoms with Gasteiger partial charge in [-0.1, -0.05) is 6.92 Å². The Labute approximate surface area is 123 Å². The largest absolute Gasteiger partial charge is 0.463 e. The van der Waals surface area contributed by atoms with Crippen LogP contribution in [0.4, 0.5) is 0 Å². The molecule has 20 heavy (non-hydrogen) atoms. The Hall–Kier alpha value is -0.800. The summed E-state index contributed by atoms with van der Waals surface area (Å²) in [6.45, 7) is 14.0. The van der Waals surface area contributed by atoms with Gasteiger partial charge in [0.05, 0.1) is 13.1 Å². The highest BCUT2D eigenvalue weighted by molar-refractivity contribution is 5.20. The Bertz CT molecular complexity index is 431. The number of rotatable bonds is 5. The van der Waals surface area contributed by atoms with Crippen molar-refractivity contribution < 1.29 is 4.42 Å². The van der Waals surface area contributed by atoms with E-state index in [-0.39, 0.29) is 5.54 Å². The number of hydrogen-bond acceptors (Lipinski definition) is 3. The highest BCUT2D eigenvalue weighted by atomic mass is 16.3. The molecule has 1 fully saturated rings. The van der Waals surface area contributed by atoms with Crippen molar-refractivity contribution in [3.8, 4) is 0 Å². The van der Waals surface area contributed by atoms with Crippen LogP contribution in [0.1, 0.15) is 64.0 Å². The quantitative estimate of drug-likeness (QED) is 0.887. The molecular formula is C17H30N2O. The summed E-state index contributed by atoms with van der Waals surface area (Å²) in [5, 5.41) is 3.50. The van der Waals surface area contributed by atoms with Crippen LogP contribution in [-0.4, -0.2) is 23.0 Å². The lowest BCUT2D eigenvalue weighted by atomic mass is 10.1. The van der Waals surface area contributed by atoms with Gasteiger partial charge >= 0.3 is 0 Å². The first-order chi connectivity index (χ1) is 9.39. The molecule has 2 heterocycles. The maximum absolute atomic E-state index is 6.06. The fourth-order valence-corrected chi connectivity index (χ4v) is 2.95. The molecule has 0 aliphatic carbocycles. The lowest BCUT2D eigenvalue weighted by molar-refractivity contribution is 0.218. The number of hydrogen-bond donors (Lipinski definition) is 1. The van der Waals surface area contributed by atoms with Crippen LogP contribution in [0.5, 0.6) is 0 Å². The molecule has 0 saturated carbocycles. The van der Waals surface area contributed by atoms with Gasteiger partial charge in [-0.15, -0.1) is 0 Å². The zero-order chi connectivity index (χ0) is 14.8. The second-order valence-corrected chi connectivity index (χ2v) is 7.10. The Morgan fingerprint density at radius 1 is 1.40 bits per heavy atom. The summed E-state index contributed by atoms with van der Waals surface area (Å²) in [6.07, 6.45) is 3.92. The molecule has 0 radical (unpaired) electrons. The van der Waals surface area contributed by atoms with Crippen molar-refractivity contribution in [1.82, 2.24) is 10.2 Å². The van der Waals surface area contributed by atoms with Crippen LogP contribution in [-0.2, 0) is 13.1 Å². The van der Waals surface area contributed by atoms with Crippen molar-refractivity contribution in [2.75, 3.05) is 6.54 Å². The molecule has 1 saturated heterocycles. The monoisotopic (exact) mass is 278 g/mol. The van der Waals surface area contributed by atoms with Gasteiger partial charge in [-0.2, -0.15) is 0 Å². The summed E-state index contributed by atoms with van der Waals surface area (Å²) < 4.78 is 6.06. The predicted molar refractivity (Wildman–Crippen MR) is 83.8 cm³/mol. The fraction of sp³-hybridized carbons (Fsp3) is 0.765. The number of furan rings is 1. The standard InChI is InChI=1S/C17H30N2O/c1-6-14-8-7-9-19(14)12-15-10-13(2)16(20-15)11-18-17(3,4)5/h10,14,18H,6-9,11-12H2,1-5H3. The Kier molecular flexibility index (Phi) is 4.92. The molecule has 0 amide bonds.